The van der Waals surface area contributed by atoms with Gasteiger partial charge in [0.25, 0.3) is 5.91 Å². The molecule has 222 valence electrons. The number of rotatable bonds is 9. The number of nitrogens with one attached hydrogen (secondary N) is 2. The topological polar surface area (TPSA) is 87.5 Å². The third-order valence-corrected chi connectivity index (χ3v) is 7.12. The van der Waals surface area contributed by atoms with Gasteiger partial charge in [-0.15, -0.1) is 0 Å². The number of carbonyl (C=O) groups excluding carboxylic acids is 1. The molecule has 1 aliphatic heterocycles. The van der Waals surface area contributed by atoms with Crippen LogP contribution < -0.4 is 15.4 Å². The largest absolute Gasteiger partial charge is 0.457 e. The highest BCUT2D eigenvalue weighted by atomic mass is 19.4. The van der Waals surface area contributed by atoms with Crippen molar-refractivity contribution in [1.82, 2.24) is 29.7 Å². The number of hydrogen-bond acceptors (Lipinski definition) is 7. The summed E-state index contributed by atoms with van der Waals surface area (Å²) in [5.74, 6) is -0.173. The number of nitrogens with zero attached hydrogens (tertiary/aromatic N) is 5. The molecule has 0 bridgehead atoms. The average molecular weight is 586 g/mol. The van der Waals surface area contributed by atoms with Crippen molar-refractivity contribution < 1.29 is 27.1 Å². The number of piperazine rings is 1. The highest BCUT2D eigenvalue weighted by molar-refractivity contribution is 5.92. The van der Waals surface area contributed by atoms with E-state index in [2.05, 4.69) is 37.4 Å². The Hall–Kier alpha value is -4.23. The number of alkyl halides is 3. The summed E-state index contributed by atoms with van der Waals surface area (Å²) in [5, 5.41) is 5.56. The molecule has 2 aromatic heterocycles. The van der Waals surface area contributed by atoms with Crippen LogP contribution in [0.4, 0.5) is 29.2 Å². The molecular formula is C29H31F4N7O2. The third-order valence-electron chi connectivity index (χ3n) is 7.12. The third kappa shape index (κ3) is 6.97. The Kier molecular flexibility index (Phi) is 8.59. The lowest BCUT2D eigenvalue weighted by molar-refractivity contribution is -0.137. The molecule has 13 heteroatoms. The number of aryl methyl sites for hydroxylation is 1. The lowest BCUT2D eigenvalue weighted by atomic mass is 10.2. The first-order chi connectivity index (χ1) is 20.1. The van der Waals surface area contributed by atoms with Crippen LogP contribution >= 0.6 is 0 Å². The fourth-order valence-corrected chi connectivity index (χ4v) is 4.67. The standard InChI is InChI=1S/C29H31F4N7O2/c1-38-12-14-40(15-13-38)11-3-9-35-27(41)25-18-21(8-10-34-25)42-20-5-7-26-24(17-20)37-28(39(26)2)36-23-16-19(29(31,32)33)4-6-22(23)30/h4-8,10,16-18H,3,9,11-15H2,1-2H3,(H,35,41)(H,36,37). The summed E-state index contributed by atoms with van der Waals surface area (Å²) in [6, 6.07) is 10.4. The van der Waals surface area contributed by atoms with Gasteiger partial charge in [-0.05, 0) is 56.4 Å². The van der Waals surface area contributed by atoms with Gasteiger partial charge in [-0.1, -0.05) is 0 Å². The molecule has 0 unspecified atom stereocenters. The molecule has 3 heterocycles. The summed E-state index contributed by atoms with van der Waals surface area (Å²) in [7, 11) is 3.77. The Bertz CT molecular complexity index is 1570. The molecule has 5 rings (SSSR count). The van der Waals surface area contributed by atoms with Crippen molar-refractivity contribution in [2.75, 3.05) is 51.6 Å². The maximum atomic E-state index is 14.3. The minimum absolute atomic E-state index is 0.149. The molecule has 0 aliphatic carbocycles. The molecule has 1 aliphatic rings. The molecule has 9 nitrogen and oxygen atoms in total. The van der Waals surface area contributed by atoms with Crippen molar-refractivity contribution in [3.8, 4) is 11.5 Å². The van der Waals surface area contributed by atoms with E-state index in [1.807, 2.05) is 0 Å². The van der Waals surface area contributed by atoms with Gasteiger partial charge >= 0.3 is 6.18 Å². The number of ether oxygens (including phenoxy) is 1. The monoisotopic (exact) mass is 585 g/mol. The van der Waals surface area contributed by atoms with Gasteiger partial charge in [0.05, 0.1) is 22.3 Å². The molecule has 42 heavy (non-hydrogen) atoms. The molecule has 1 saturated heterocycles. The van der Waals surface area contributed by atoms with Gasteiger partial charge in [0.15, 0.2) is 0 Å². The second-order valence-electron chi connectivity index (χ2n) is 10.2. The van der Waals surface area contributed by atoms with Crippen molar-refractivity contribution in [2.24, 2.45) is 7.05 Å². The van der Waals surface area contributed by atoms with E-state index >= 15 is 0 Å². The van der Waals surface area contributed by atoms with Crippen molar-refractivity contribution in [3.05, 3.63) is 71.8 Å². The predicted molar refractivity (Wildman–Crippen MR) is 151 cm³/mol. The molecular weight excluding hydrogens is 554 g/mol. The highest BCUT2D eigenvalue weighted by Crippen LogP contribution is 2.33. The fraction of sp³-hybridized carbons (Fsp3) is 0.345. The number of hydrogen-bond donors (Lipinski definition) is 2. The molecule has 2 aromatic carbocycles. The molecule has 0 saturated carbocycles. The number of fused-ring (bicyclic) bond motifs is 1. The zero-order valence-electron chi connectivity index (χ0n) is 23.2. The van der Waals surface area contributed by atoms with Crippen molar-refractivity contribution in [2.45, 2.75) is 12.6 Å². The smallest absolute Gasteiger partial charge is 0.416 e. The van der Waals surface area contributed by atoms with E-state index in [1.54, 1.807) is 41.9 Å². The Morgan fingerprint density at radius 3 is 2.52 bits per heavy atom. The Morgan fingerprint density at radius 2 is 1.76 bits per heavy atom. The number of anilines is 2. The minimum Gasteiger partial charge on any atom is -0.457 e. The van der Waals surface area contributed by atoms with Crippen LogP contribution in [0.5, 0.6) is 11.5 Å². The number of aromatic nitrogens is 3. The Balaban J connectivity index is 1.22. The number of imidazole rings is 1. The van der Waals surface area contributed by atoms with Gasteiger partial charge < -0.3 is 29.7 Å². The number of benzene rings is 2. The lowest BCUT2D eigenvalue weighted by Gasteiger charge is -2.32. The first kappa shape index (κ1) is 29.3. The van der Waals surface area contributed by atoms with E-state index < -0.39 is 17.6 Å². The normalized spacial score (nSPS) is 14.7. The molecule has 0 atom stereocenters. The number of likely N-dealkylation sites (N-methyl/N-ethyl adjacent to an activating group) is 1. The zero-order chi connectivity index (χ0) is 29.9. The highest BCUT2D eigenvalue weighted by Gasteiger charge is 2.31. The summed E-state index contributed by atoms with van der Waals surface area (Å²) in [6.07, 6.45) is -2.28. The summed E-state index contributed by atoms with van der Waals surface area (Å²) in [5.41, 5.74) is 0.0139. The Morgan fingerprint density at radius 1 is 1.00 bits per heavy atom. The van der Waals surface area contributed by atoms with Crippen LogP contribution in [0.2, 0.25) is 0 Å². The van der Waals surface area contributed by atoms with E-state index in [9.17, 15) is 22.4 Å². The SMILES string of the molecule is CN1CCN(CCCNC(=O)c2cc(Oc3ccc4c(c3)nc(Nc3cc(C(F)(F)F)ccc3F)n4C)ccn2)CC1. The van der Waals surface area contributed by atoms with E-state index in [-0.39, 0.29) is 23.2 Å². The van der Waals surface area contributed by atoms with E-state index in [1.165, 1.54) is 6.20 Å². The van der Waals surface area contributed by atoms with Crippen LogP contribution in [0.15, 0.2) is 54.7 Å². The second-order valence-corrected chi connectivity index (χ2v) is 10.2. The van der Waals surface area contributed by atoms with Crippen LogP contribution in [-0.2, 0) is 13.2 Å². The van der Waals surface area contributed by atoms with Crippen molar-refractivity contribution >= 4 is 28.6 Å². The number of pyridine rings is 1. The van der Waals surface area contributed by atoms with Crippen LogP contribution in [0.25, 0.3) is 11.0 Å². The van der Waals surface area contributed by atoms with Crippen LogP contribution in [0.3, 0.4) is 0 Å². The summed E-state index contributed by atoms with van der Waals surface area (Å²) >= 11 is 0. The summed E-state index contributed by atoms with van der Waals surface area (Å²) in [4.78, 5) is 25.9. The summed E-state index contributed by atoms with van der Waals surface area (Å²) < 4.78 is 61.1. The zero-order valence-corrected chi connectivity index (χ0v) is 23.2. The Labute approximate surface area is 240 Å². The molecule has 4 aromatic rings. The number of carbonyl (C=O) groups is 1. The molecule has 1 amide bonds. The minimum atomic E-state index is -4.61. The molecule has 0 spiro atoms. The summed E-state index contributed by atoms with van der Waals surface area (Å²) in [6.45, 7) is 5.62. The van der Waals surface area contributed by atoms with Gasteiger partial charge in [0.1, 0.15) is 23.0 Å². The van der Waals surface area contributed by atoms with Gasteiger partial charge in [-0.2, -0.15) is 13.2 Å². The molecule has 1 fully saturated rings. The number of halogens is 4. The maximum Gasteiger partial charge on any atom is 0.416 e. The van der Waals surface area contributed by atoms with Gasteiger partial charge in [-0.25, -0.2) is 9.37 Å². The van der Waals surface area contributed by atoms with E-state index in [4.69, 9.17) is 4.74 Å². The van der Waals surface area contributed by atoms with Crippen molar-refractivity contribution in [1.29, 1.82) is 0 Å². The first-order valence-corrected chi connectivity index (χ1v) is 13.5. The average Bonchev–Trinajstić information content (AvgIpc) is 3.26. The van der Waals surface area contributed by atoms with Gasteiger partial charge in [0, 0.05) is 58.1 Å². The van der Waals surface area contributed by atoms with Crippen LogP contribution in [-0.4, -0.2) is 76.6 Å². The molecule has 2 N–H and O–H groups in total. The maximum absolute atomic E-state index is 14.3. The van der Waals surface area contributed by atoms with Gasteiger partial charge in [0.2, 0.25) is 5.95 Å². The fourth-order valence-electron chi connectivity index (χ4n) is 4.67. The quantitative estimate of drug-likeness (QED) is 0.211. The molecule has 0 radical (unpaired) electrons. The first-order valence-electron chi connectivity index (χ1n) is 13.5. The number of amides is 1. The van der Waals surface area contributed by atoms with E-state index in [0.29, 0.717) is 41.2 Å². The van der Waals surface area contributed by atoms with E-state index in [0.717, 1.165) is 45.2 Å². The second kappa shape index (κ2) is 12.3. The van der Waals surface area contributed by atoms with Gasteiger partial charge in [-0.3, -0.25) is 9.78 Å². The van der Waals surface area contributed by atoms with Crippen molar-refractivity contribution in [3.63, 3.8) is 0 Å². The predicted octanol–water partition coefficient (Wildman–Crippen LogP) is 5.03. The van der Waals surface area contributed by atoms with Crippen LogP contribution in [0, 0.1) is 5.82 Å². The van der Waals surface area contributed by atoms with Crippen LogP contribution in [0.1, 0.15) is 22.5 Å². The lowest BCUT2D eigenvalue weighted by Crippen LogP contribution is -2.45.